The van der Waals surface area contributed by atoms with Crippen molar-refractivity contribution in [1.29, 1.82) is 0 Å². The number of halogens is 1. The Morgan fingerprint density at radius 1 is 1.38 bits per heavy atom. The van der Waals surface area contributed by atoms with Gasteiger partial charge >= 0.3 is 0 Å². The van der Waals surface area contributed by atoms with Gasteiger partial charge in [-0.2, -0.15) is 0 Å². The van der Waals surface area contributed by atoms with Gasteiger partial charge in [0.25, 0.3) is 0 Å². The summed E-state index contributed by atoms with van der Waals surface area (Å²) in [5.74, 6) is 0.895. The van der Waals surface area contributed by atoms with Crippen LogP contribution < -0.4 is 5.73 Å². The molecule has 1 aromatic carbocycles. The van der Waals surface area contributed by atoms with Crippen LogP contribution in [0.1, 0.15) is 24.4 Å². The molecule has 2 N–H and O–H groups in total. The number of likely N-dealkylation sites (N-methyl/N-ethyl adjacent to an activating group) is 1. The van der Waals surface area contributed by atoms with Crippen molar-refractivity contribution in [1.82, 2.24) is 4.90 Å². The zero-order valence-electron chi connectivity index (χ0n) is 9.70. The molecule has 1 saturated carbocycles. The Morgan fingerprint density at radius 2 is 2.00 bits per heavy atom. The van der Waals surface area contributed by atoms with Crippen molar-refractivity contribution in [2.75, 3.05) is 20.1 Å². The molecule has 1 aromatic rings. The van der Waals surface area contributed by atoms with Crippen LogP contribution in [0.3, 0.4) is 0 Å². The first-order valence-corrected chi connectivity index (χ1v) is 6.24. The predicted octanol–water partition coefficient (Wildman–Crippen LogP) is 2.68. The summed E-state index contributed by atoms with van der Waals surface area (Å²) in [4.78, 5) is 2.36. The summed E-state index contributed by atoms with van der Waals surface area (Å²) in [6.45, 7) is 1.81. The van der Waals surface area contributed by atoms with Gasteiger partial charge in [-0.3, -0.25) is 4.90 Å². The highest BCUT2D eigenvalue weighted by molar-refractivity contribution is 6.30. The second kappa shape index (κ2) is 5.17. The molecule has 3 heteroatoms. The molecule has 16 heavy (non-hydrogen) atoms. The predicted molar refractivity (Wildman–Crippen MR) is 68.6 cm³/mol. The van der Waals surface area contributed by atoms with Crippen LogP contribution in [0.15, 0.2) is 24.3 Å². The Labute approximate surface area is 102 Å². The largest absolute Gasteiger partial charge is 0.329 e. The van der Waals surface area contributed by atoms with Crippen LogP contribution in [0, 0.1) is 5.92 Å². The Bertz CT molecular complexity index is 332. The van der Waals surface area contributed by atoms with E-state index in [1.54, 1.807) is 0 Å². The van der Waals surface area contributed by atoms with E-state index in [0.717, 1.165) is 17.5 Å². The second-order valence-electron chi connectivity index (χ2n) is 4.69. The molecule has 1 atom stereocenters. The SMILES string of the molecule is CN(CC1CC1)C(CN)c1ccc(Cl)cc1. The highest BCUT2D eigenvalue weighted by Crippen LogP contribution is 2.32. The third-order valence-corrected chi connectivity index (χ3v) is 3.51. The average molecular weight is 239 g/mol. The van der Waals surface area contributed by atoms with Crippen molar-refractivity contribution >= 4 is 11.6 Å². The van der Waals surface area contributed by atoms with Gasteiger partial charge in [0.15, 0.2) is 0 Å². The number of nitrogens with two attached hydrogens (primary N) is 1. The molecule has 1 unspecified atom stereocenters. The highest BCUT2D eigenvalue weighted by Gasteiger charge is 2.26. The fraction of sp³-hybridized carbons (Fsp3) is 0.538. The Morgan fingerprint density at radius 3 is 2.50 bits per heavy atom. The van der Waals surface area contributed by atoms with E-state index in [1.807, 2.05) is 12.1 Å². The standard InChI is InChI=1S/C13H19ClN2/c1-16(9-10-2-3-10)13(8-15)11-4-6-12(14)7-5-11/h4-7,10,13H,2-3,8-9,15H2,1H3. The normalized spacial score (nSPS) is 17.8. The molecular weight excluding hydrogens is 220 g/mol. The van der Waals surface area contributed by atoms with Gasteiger partial charge in [0.2, 0.25) is 0 Å². The molecular formula is C13H19ClN2. The number of hydrogen-bond acceptors (Lipinski definition) is 2. The summed E-state index contributed by atoms with van der Waals surface area (Å²) < 4.78 is 0. The van der Waals surface area contributed by atoms with E-state index in [9.17, 15) is 0 Å². The summed E-state index contributed by atoms with van der Waals surface area (Å²) in [5, 5.41) is 0.782. The minimum absolute atomic E-state index is 0.317. The van der Waals surface area contributed by atoms with Crippen LogP contribution in [0.4, 0.5) is 0 Å². The second-order valence-corrected chi connectivity index (χ2v) is 5.12. The van der Waals surface area contributed by atoms with Gasteiger partial charge in [-0.05, 0) is 43.5 Å². The first kappa shape index (κ1) is 11.9. The van der Waals surface area contributed by atoms with Crippen molar-refractivity contribution in [3.8, 4) is 0 Å². The van der Waals surface area contributed by atoms with Crippen molar-refractivity contribution in [2.24, 2.45) is 11.7 Å². The number of benzene rings is 1. The fourth-order valence-electron chi connectivity index (χ4n) is 2.09. The lowest BCUT2D eigenvalue weighted by Gasteiger charge is -2.27. The minimum Gasteiger partial charge on any atom is -0.329 e. The molecule has 1 fully saturated rings. The van der Waals surface area contributed by atoms with Gasteiger partial charge in [0, 0.05) is 24.2 Å². The smallest absolute Gasteiger partial charge is 0.0467 e. The van der Waals surface area contributed by atoms with E-state index < -0.39 is 0 Å². The Hall–Kier alpha value is -0.570. The third-order valence-electron chi connectivity index (χ3n) is 3.25. The van der Waals surface area contributed by atoms with Crippen LogP contribution in [0.5, 0.6) is 0 Å². The molecule has 0 radical (unpaired) electrons. The Kier molecular flexibility index (Phi) is 3.85. The van der Waals surface area contributed by atoms with Gasteiger partial charge in [-0.15, -0.1) is 0 Å². The lowest BCUT2D eigenvalue weighted by molar-refractivity contribution is 0.240. The molecule has 0 spiro atoms. The highest BCUT2D eigenvalue weighted by atomic mass is 35.5. The van der Waals surface area contributed by atoms with Crippen molar-refractivity contribution < 1.29 is 0 Å². The summed E-state index contributed by atoms with van der Waals surface area (Å²) >= 11 is 5.89. The molecule has 0 bridgehead atoms. The van der Waals surface area contributed by atoms with Crippen molar-refractivity contribution in [3.63, 3.8) is 0 Å². The molecule has 0 saturated heterocycles. The van der Waals surface area contributed by atoms with Crippen molar-refractivity contribution in [3.05, 3.63) is 34.9 Å². The van der Waals surface area contributed by atoms with Crippen molar-refractivity contribution in [2.45, 2.75) is 18.9 Å². The van der Waals surface area contributed by atoms with E-state index in [4.69, 9.17) is 17.3 Å². The fourth-order valence-corrected chi connectivity index (χ4v) is 2.22. The van der Waals surface area contributed by atoms with Crippen LogP contribution in [0.25, 0.3) is 0 Å². The van der Waals surface area contributed by atoms with E-state index in [-0.39, 0.29) is 0 Å². The van der Waals surface area contributed by atoms with Gasteiger partial charge in [0.1, 0.15) is 0 Å². The van der Waals surface area contributed by atoms with Gasteiger partial charge < -0.3 is 5.73 Å². The van der Waals surface area contributed by atoms with Crippen LogP contribution in [-0.2, 0) is 0 Å². The molecule has 1 aliphatic carbocycles. The van der Waals surface area contributed by atoms with E-state index in [2.05, 4.69) is 24.1 Å². The first-order chi connectivity index (χ1) is 7.70. The summed E-state index contributed by atoms with van der Waals surface area (Å²) in [6.07, 6.45) is 2.75. The topological polar surface area (TPSA) is 29.3 Å². The lowest BCUT2D eigenvalue weighted by Crippen LogP contribution is -2.32. The zero-order chi connectivity index (χ0) is 11.5. The van der Waals surface area contributed by atoms with E-state index in [0.29, 0.717) is 12.6 Å². The zero-order valence-corrected chi connectivity index (χ0v) is 10.5. The third kappa shape index (κ3) is 2.97. The van der Waals surface area contributed by atoms with Gasteiger partial charge in [-0.25, -0.2) is 0 Å². The molecule has 2 rings (SSSR count). The molecule has 2 nitrogen and oxygen atoms in total. The number of hydrogen-bond donors (Lipinski definition) is 1. The van der Waals surface area contributed by atoms with Gasteiger partial charge in [-0.1, -0.05) is 23.7 Å². The van der Waals surface area contributed by atoms with Crippen LogP contribution in [0.2, 0.25) is 5.02 Å². The maximum absolute atomic E-state index is 5.89. The van der Waals surface area contributed by atoms with E-state index >= 15 is 0 Å². The molecule has 1 aliphatic rings. The van der Waals surface area contributed by atoms with E-state index in [1.165, 1.54) is 18.4 Å². The number of rotatable bonds is 5. The summed E-state index contributed by atoms with van der Waals surface area (Å²) in [6, 6.07) is 8.33. The average Bonchev–Trinajstić information content (AvgIpc) is 3.06. The van der Waals surface area contributed by atoms with Crippen LogP contribution in [-0.4, -0.2) is 25.0 Å². The molecule has 0 heterocycles. The molecule has 88 valence electrons. The first-order valence-electron chi connectivity index (χ1n) is 5.86. The molecule has 0 aliphatic heterocycles. The van der Waals surface area contributed by atoms with Crippen LogP contribution >= 0.6 is 11.6 Å². The lowest BCUT2D eigenvalue weighted by atomic mass is 10.1. The monoisotopic (exact) mass is 238 g/mol. The minimum atomic E-state index is 0.317. The molecule has 0 amide bonds. The Balaban J connectivity index is 2.04. The molecule has 0 aromatic heterocycles. The van der Waals surface area contributed by atoms with Gasteiger partial charge in [0.05, 0.1) is 0 Å². The maximum Gasteiger partial charge on any atom is 0.0467 e. The summed E-state index contributed by atoms with van der Waals surface area (Å²) in [7, 11) is 2.16. The quantitative estimate of drug-likeness (QED) is 0.855. The maximum atomic E-state index is 5.89. The summed E-state index contributed by atoms with van der Waals surface area (Å²) in [5.41, 5.74) is 7.12. The number of nitrogens with zero attached hydrogens (tertiary/aromatic N) is 1.